The van der Waals surface area contributed by atoms with Crippen LogP contribution in [0.5, 0.6) is 5.75 Å². The van der Waals surface area contributed by atoms with Crippen LogP contribution in [0.25, 0.3) is 0 Å². The molecule has 0 aliphatic heterocycles. The third kappa shape index (κ3) is 2.64. The van der Waals surface area contributed by atoms with E-state index in [4.69, 9.17) is 15.4 Å². The predicted octanol–water partition coefficient (Wildman–Crippen LogP) is 3.08. The van der Waals surface area contributed by atoms with E-state index in [0.717, 1.165) is 11.5 Å². The van der Waals surface area contributed by atoms with Gasteiger partial charge in [-0.1, -0.05) is 23.1 Å². The Bertz CT molecular complexity index is 210. The van der Waals surface area contributed by atoms with Crippen LogP contribution in [0.2, 0.25) is 0 Å². The highest BCUT2D eigenvalue weighted by molar-refractivity contribution is 8.20. The van der Waals surface area contributed by atoms with Crippen molar-refractivity contribution in [1.29, 1.82) is 0 Å². The van der Waals surface area contributed by atoms with Crippen LogP contribution in [0.3, 0.4) is 0 Å². The van der Waals surface area contributed by atoms with Crippen molar-refractivity contribution in [1.82, 2.24) is 0 Å². The Kier molecular flexibility index (Phi) is 3.60. The van der Waals surface area contributed by atoms with Crippen molar-refractivity contribution in [3.05, 3.63) is 29.8 Å². The largest absolute Gasteiger partial charge is 0.497 e. The summed E-state index contributed by atoms with van der Waals surface area (Å²) in [5.74, 6) is 1.72. The van der Waals surface area contributed by atoms with Gasteiger partial charge in [-0.05, 0) is 28.4 Å². The SMILES string of the molecule is COc1ccc(C[1S]Cl)cc1. The van der Waals surface area contributed by atoms with E-state index in [1.807, 2.05) is 24.3 Å². The molecule has 0 aliphatic rings. The van der Waals surface area contributed by atoms with Crippen molar-refractivity contribution >= 4 is 21.7 Å². The molecule has 0 radical (unpaired) electrons. The summed E-state index contributed by atoms with van der Waals surface area (Å²) in [6.07, 6.45) is 0. The molecule has 0 amide bonds. The summed E-state index contributed by atoms with van der Waals surface area (Å²) < 4.78 is 5.01. The van der Waals surface area contributed by atoms with Crippen molar-refractivity contribution in [3.8, 4) is 5.75 Å². The van der Waals surface area contributed by atoms with Crippen molar-refractivity contribution in [2.75, 3.05) is 7.11 Å². The fourth-order valence-corrected chi connectivity index (χ4v) is 1.48. The summed E-state index contributed by atoms with van der Waals surface area (Å²) in [5, 5.41) is 0. The Labute approximate surface area is 75.2 Å². The van der Waals surface area contributed by atoms with Crippen LogP contribution >= 0.6 is 21.7 Å². The van der Waals surface area contributed by atoms with E-state index < -0.39 is 0 Å². The van der Waals surface area contributed by atoms with Crippen LogP contribution in [-0.2, 0) is 5.75 Å². The first-order valence-electron chi connectivity index (χ1n) is 3.23. The minimum absolute atomic E-state index is 0.839. The van der Waals surface area contributed by atoms with Crippen molar-refractivity contribution in [3.63, 3.8) is 0 Å². The molecule has 1 nitrogen and oxygen atoms in total. The highest BCUT2D eigenvalue weighted by Gasteiger charge is 1.92. The molecule has 3 heteroatoms. The Morgan fingerprint density at radius 1 is 1.36 bits per heavy atom. The van der Waals surface area contributed by atoms with Crippen molar-refractivity contribution < 1.29 is 4.74 Å². The normalized spacial score (nSPS) is 9.64. The van der Waals surface area contributed by atoms with Crippen LogP contribution in [0, 0.1) is 0 Å². The maximum Gasteiger partial charge on any atom is 0.118 e. The van der Waals surface area contributed by atoms with Crippen LogP contribution in [-0.4, -0.2) is 7.11 Å². The second kappa shape index (κ2) is 4.52. The van der Waals surface area contributed by atoms with Gasteiger partial charge in [0.15, 0.2) is 0 Å². The van der Waals surface area contributed by atoms with Crippen molar-refractivity contribution in [2.45, 2.75) is 5.75 Å². The summed E-state index contributed by atoms with van der Waals surface area (Å²) >= 11 is 0. The van der Waals surface area contributed by atoms with E-state index in [1.165, 1.54) is 16.5 Å². The third-order valence-corrected chi connectivity index (χ3v) is 2.15. The summed E-state index contributed by atoms with van der Waals surface area (Å²) in [6, 6.07) is 7.88. The van der Waals surface area contributed by atoms with Gasteiger partial charge in [0.1, 0.15) is 5.75 Å². The van der Waals surface area contributed by atoms with Crippen LogP contribution in [0.4, 0.5) is 0 Å². The lowest BCUT2D eigenvalue weighted by molar-refractivity contribution is 0.414. The van der Waals surface area contributed by atoms with E-state index in [0.29, 0.717) is 0 Å². The Morgan fingerprint density at radius 3 is 2.45 bits per heavy atom. The lowest BCUT2D eigenvalue weighted by Crippen LogP contribution is -1.82. The highest BCUT2D eigenvalue weighted by Crippen LogP contribution is 2.18. The summed E-state index contributed by atoms with van der Waals surface area (Å²) in [4.78, 5) is 0. The fourth-order valence-electron chi connectivity index (χ4n) is 0.785. The molecule has 0 unspecified atom stereocenters. The van der Waals surface area contributed by atoms with Crippen LogP contribution < -0.4 is 4.74 Å². The van der Waals surface area contributed by atoms with Crippen molar-refractivity contribution in [2.24, 2.45) is 0 Å². The molecule has 0 saturated carbocycles. The minimum atomic E-state index is 0.839. The van der Waals surface area contributed by atoms with Gasteiger partial charge in [0, 0.05) is 5.75 Å². The molecule has 0 bridgehead atoms. The molecule has 0 spiro atoms. The number of methoxy groups -OCH3 is 1. The maximum atomic E-state index is 5.50. The average molecular weight is 158 g/mol. The van der Waals surface area contributed by atoms with Gasteiger partial charge in [0.25, 0.3) is 0 Å². The highest BCUT2D eigenvalue weighted by atomic mass is 35.5. The van der Waals surface area contributed by atoms with Gasteiger partial charge in [-0.25, -0.2) is 0 Å². The van der Waals surface area contributed by atoms with Gasteiger partial charge in [0.05, 0.1) is 7.11 Å². The molecule has 1 aromatic rings. The monoisotopic (exact) mass is 157 g/mol. The maximum absolute atomic E-state index is 5.50. The molecule has 0 aromatic heterocycles. The molecule has 11 heavy (non-hydrogen) atoms. The fraction of sp³-hybridized carbons (Fsp3) is 0.250. The molecule has 60 valence electrons. The molecule has 0 atom stereocenters. The van der Waals surface area contributed by atoms with Crippen LogP contribution in [0.15, 0.2) is 24.3 Å². The van der Waals surface area contributed by atoms with E-state index in [-0.39, 0.29) is 0 Å². The molecular weight excluding hydrogens is 149 g/mol. The Balaban J connectivity index is 2.66. The summed E-state index contributed by atoms with van der Waals surface area (Å²) in [5.41, 5.74) is 1.21. The second-order valence-corrected chi connectivity index (χ2v) is 3.26. The van der Waals surface area contributed by atoms with Gasteiger partial charge in [0.2, 0.25) is 0 Å². The summed E-state index contributed by atoms with van der Waals surface area (Å²) in [7, 11) is 8.45. The van der Waals surface area contributed by atoms with Gasteiger partial charge in [-0.15, -0.1) is 0 Å². The first-order valence-corrected chi connectivity index (χ1v) is 5.04. The van der Waals surface area contributed by atoms with E-state index in [9.17, 15) is 0 Å². The lowest BCUT2D eigenvalue weighted by atomic mass is 0.881. The first-order chi connectivity index (χ1) is 5.36. The molecule has 0 saturated heterocycles. The predicted molar refractivity (Wildman–Crippen MR) is 50.1 cm³/mol. The number of rotatable bonds is 3. The van der Waals surface area contributed by atoms with Gasteiger partial charge in [-0.3, -0.25) is 0 Å². The quantitative estimate of drug-likeness (QED) is 0.667. The van der Waals surface area contributed by atoms with E-state index in [1.54, 1.807) is 7.11 Å². The molecule has 1 rings (SSSR count). The van der Waals surface area contributed by atoms with Crippen LogP contribution in [0.1, 0.15) is 5.56 Å². The zero-order valence-corrected chi connectivity index (χ0v) is 7.78. The topological polar surface area (TPSA) is 9.23 Å². The number of halogens is 1. The van der Waals surface area contributed by atoms with Gasteiger partial charge in [-0.2, -0.15) is 0 Å². The number of benzene rings is 1. The smallest absolute Gasteiger partial charge is 0.118 e. The van der Waals surface area contributed by atoms with E-state index >= 15 is 0 Å². The lowest BCUT2D eigenvalue weighted by Gasteiger charge is -1.99. The molecule has 0 aliphatic carbocycles. The third-order valence-electron chi connectivity index (χ3n) is 1.38. The number of ether oxygens (including phenoxy) is 1. The number of hydrogen-bond donors (Lipinski definition) is 0. The molecule has 1 aromatic carbocycles. The summed E-state index contributed by atoms with van der Waals surface area (Å²) in [6.45, 7) is 0. The molecular formula is C8H9ClOS. The average Bonchev–Trinajstić information content (AvgIpc) is 2.07. The second-order valence-electron chi connectivity index (χ2n) is 2.10. The minimum Gasteiger partial charge on any atom is -0.497 e. The zero-order chi connectivity index (χ0) is 8.10. The molecule has 0 heterocycles. The van der Waals surface area contributed by atoms with Gasteiger partial charge < -0.3 is 4.74 Å². The standard InChI is InChI=1S/C8H9ClOS/c1-10-8-4-2-7(3-5-8)6-11-9/h2-5H,6H2,1H3/i11-31. The first kappa shape index (κ1) is 8.75. The molecule has 0 fully saturated rings. The molecule has 0 N–H and O–H groups in total. The van der Waals surface area contributed by atoms with E-state index in [2.05, 4.69) is 0 Å². The van der Waals surface area contributed by atoms with Gasteiger partial charge >= 0.3 is 0 Å². The Hall–Kier alpha value is -0.340. The Morgan fingerprint density at radius 2 is 2.00 bits per heavy atom. The number of hydrogen-bond acceptors (Lipinski definition) is 2. The zero-order valence-electron chi connectivity index (χ0n) is 6.21.